The summed E-state index contributed by atoms with van der Waals surface area (Å²) in [6.45, 7) is 2.42. The Bertz CT molecular complexity index is 1200. The minimum Gasteiger partial charge on any atom is -0.406 e. The summed E-state index contributed by atoms with van der Waals surface area (Å²) < 4.78 is 55.0. The number of ether oxygens (including phenoxy) is 1. The number of hydrogen-bond donors (Lipinski definition) is 2. The van der Waals surface area contributed by atoms with Gasteiger partial charge in [-0.25, -0.2) is 9.37 Å². The molecule has 3 heterocycles. The molecule has 1 aliphatic heterocycles. The molecule has 0 radical (unpaired) electrons. The van der Waals surface area contributed by atoms with E-state index in [1.807, 2.05) is 4.90 Å². The number of amides is 1. The molecule has 0 bridgehead atoms. The van der Waals surface area contributed by atoms with Crippen molar-refractivity contribution in [2.75, 3.05) is 23.3 Å². The van der Waals surface area contributed by atoms with Crippen molar-refractivity contribution in [3.63, 3.8) is 0 Å². The van der Waals surface area contributed by atoms with E-state index in [0.717, 1.165) is 12.1 Å². The molecule has 3 aromatic rings. The Morgan fingerprint density at radius 2 is 1.91 bits per heavy atom. The van der Waals surface area contributed by atoms with Crippen LogP contribution in [0.5, 0.6) is 5.75 Å². The van der Waals surface area contributed by atoms with E-state index in [0.29, 0.717) is 36.5 Å². The zero-order chi connectivity index (χ0) is 24.5. The monoisotopic (exact) mass is 476 g/mol. The van der Waals surface area contributed by atoms with Crippen molar-refractivity contribution in [2.45, 2.75) is 25.8 Å². The Labute approximate surface area is 192 Å². The molecule has 1 atom stereocenters. The summed E-state index contributed by atoms with van der Waals surface area (Å²) in [5.41, 5.74) is 1.49. The lowest BCUT2D eigenvalue weighted by Crippen LogP contribution is -2.23. The van der Waals surface area contributed by atoms with Crippen LogP contribution in [0.25, 0.3) is 11.1 Å². The van der Waals surface area contributed by atoms with Gasteiger partial charge in [0.1, 0.15) is 17.4 Å². The van der Waals surface area contributed by atoms with Crippen LogP contribution in [0, 0.1) is 12.7 Å². The Morgan fingerprint density at radius 1 is 1.18 bits per heavy atom. The maximum Gasteiger partial charge on any atom is 0.573 e. The Kier molecular flexibility index (Phi) is 6.38. The fraction of sp³-hybridized carbons (Fsp3) is 0.261. The molecule has 1 amide bonds. The number of carbonyl (C=O) groups is 1. The third kappa shape index (κ3) is 5.42. The van der Waals surface area contributed by atoms with Gasteiger partial charge >= 0.3 is 6.36 Å². The average Bonchev–Trinajstić information content (AvgIpc) is 3.21. The molecule has 0 aliphatic carbocycles. The number of aryl methyl sites for hydroxylation is 1. The smallest absolute Gasteiger partial charge is 0.406 e. The zero-order valence-corrected chi connectivity index (χ0v) is 17.9. The molecule has 4 rings (SSSR count). The largest absolute Gasteiger partial charge is 0.573 e. The normalized spacial score (nSPS) is 15.9. The summed E-state index contributed by atoms with van der Waals surface area (Å²) in [5.74, 6) is -1.01. The molecule has 11 heteroatoms. The standard InChI is InChI=1S/C23H20F4N4O3/c1-13-20(24)9-14(10-28-13)19-8-15(11-29-21(19)31-7-6-17(32)12-31)22(33)30-16-2-4-18(5-3-16)34-23(25,26)27/h2-5,8-11,17,32H,6-7,12H2,1H3,(H,30,33). The summed E-state index contributed by atoms with van der Waals surface area (Å²) >= 11 is 0. The number of halogens is 4. The maximum absolute atomic E-state index is 14.2. The van der Waals surface area contributed by atoms with E-state index in [4.69, 9.17) is 0 Å². The van der Waals surface area contributed by atoms with E-state index >= 15 is 0 Å². The first-order valence-electron chi connectivity index (χ1n) is 10.3. The van der Waals surface area contributed by atoms with Gasteiger partial charge in [0, 0.05) is 42.3 Å². The second-order valence-electron chi connectivity index (χ2n) is 7.80. The van der Waals surface area contributed by atoms with Crippen LogP contribution in [0.15, 0.2) is 48.8 Å². The molecular formula is C23H20F4N4O3. The molecule has 1 fully saturated rings. The van der Waals surface area contributed by atoms with Gasteiger partial charge in [-0.15, -0.1) is 13.2 Å². The van der Waals surface area contributed by atoms with E-state index in [-0.39, 0.29) is 16.9 Å². The number of β-amino-alcohol motifs (C(OH)–C–C–N with tert-alkyl or cyclic N) is 1. The molecule has 178 valence electrons. The fourth-order valence-electron chi connectivity index (χ4n) is 3.58. The molecule has 0 spiro atoms. The van der Waals surface area contributed by atoms with Crippen molar-refractivity contribution >= 4 is 17.4 Å². The van der Waals surface area contributed by atoms with Crippen LogP contribution < -0.4 is 15.0 Å². The van der Waals surface area contributed by atoms with Crippen LogP contribution in [0.1, 0.15) is 22.5 Å². The maximum atomic E-state index is 14.2. The number of hydrogen-bond acceptors (Lipinski definition) is 6. The van der Waals surface area contributed by atoms with Crippen LogP contribution in [-0.2, 0) is 0 Å². The first kappa shape index (κ1) is 23.4. The summed E-state index contributed by atoms with van der Waals surface area (Å²) in [5, 5.41) is 12.5. The van der Waals surface area contributed by atoms with Crippen molar-refractivity contribution in [2.24, 2.45) is 0 Å². The highest BCUT2D eigenvalue weighted by atomic mass is 19.4. The number of alkyl halides is 3. The predicted octanol–water partition coefficient (Wildman–Crippen LogP) is 4.31. The van der Waals surface area contributed by atoms with Gasteiger partial charge in [0.25, 0.3) is 5.91 Å². The minimum atomic E-state index is -4.82. The molecule has 7 nitrogen and oxygen atoms in total. The Hall–Kier alpha value is -3.73. The Morgan fingerprint density at radius 3 is 2.53 bits per heavy atom. The quantitative estimate of drug-likeness (QED) is 0.534. The van der Waals surface area contributed by atoms with Gasteiger partial charge < -0.3 is 20.1 Å². The number of aliphatic hydroxyl groups is 1. The van der Waals surface area contributed by atoms with E-state index in [9.17, 15) is 27.5 Å². The predicted molar refractivity (Wildman–Crippen MR) is 116 cm³/mol. The van der Waals surface area contributed by atoms with E-state index < -0.39 is 29.9 Å². The topological polar surface area (TPSA) is 87.6 Å². The lowest BCUT2D eigenvalue weighted by molar-refractivity contribution is -0.274. The summed E-state index contributed by atoms with van der Waals surface area (Å²) in [7, 11) is 0. The fourth-order valence-corrected chi connectivity index (χ4v) is 3.58. The second-order valence-corrected chi connectivity index (χ2v) is 7.80. The highest BCUT2D eigenvalue weighted by Gasteiger charge is 2.31. The van der Waals surface area contributed by atoms with Crippen LogP contribution in [-0.4, -0.2) is 46.5 Å². The lowest BCUT2D eigenvalue weighted by Gasteiger charge is -2.21. The molecule has 1 aromatic carbocycles. The average molecular weight is 476 g/mol. The van der Waals surface area contributed by atoms with Gasteiger partial charge in [-0.3, -0.25) is 9.78 Å². The number of anilines is 2. The molecule has 0 saturated carbocycles. The highest BCUT2D eigenvalue weighted by Crippen LogP contribution is 2.33. The van der Waals surface area contributed by atoms with Crippen molar-refractivity contribution in [3.05, 3.63) is 65.9 Å². The van der Waals surface area contributed by atoms with Crippen molar-refractivity contribution in [3.8, 4) is 16.9 Å². The molecule has 1 saturated heterocycles. The lowest BCUT2D eigenvalue weighted by atomic mass is 10.0. The number of nitrogens with zero attached hydrogens (tertiary/aromatic N) is 3. The van der Waals surface area contributed by atoms with Crippen LogP contribution >= 0.6 is 0 Å². The van der Waals surface area contributed by atoms with Crippen molar-refractivity contribution in [1.82, 2.24) is 9.97 Å². The molecule has 1 aliphatic rings. The van der Waals surface area contributed by atoms with E-state index in [2.05, 4.69) is 20.0 Å². The summed E-state index contributed by atoms with van der Waals surface area (Å²) in [6.07, 6.45) is -1.96. The van der Waals surface area contributed by atoms with Gasteiger partial charge in [-0.05, 0) is 49.7 Å². The van der Waals surface area contributed by atoms with Gasteiger partial charge in [0.2, 0.25) is 0 Å². The number of carbonyl (C=O) groups excluding carboxylic acids is 1. The van der Waals surface area contributed by atoms with Gasteiger partial charge in [-0.2, -0.15) is 0 Å². The number of rotatable bonds is 5. The van der Waals surface area contributed by atoms with Crippen LogP contribution in [0.4, 0.5) is 29.1 Å². The zero-order valence-electron chi connectivity index (χ0n) is 17.9. The first-order valence-corrected chi connectivity index (χ1v) is 10.3. The van der Waals surface area contributed by atoms with Gasteiger partial charge in [0.05, 0.1) is 17.4 Å². The molecule has 1 unspecified atom stereocenters. The minimum absolute atomic E-state index is 0.148. The van der Waals surface area contributed by atoms with Crippen LogP contribution in [0.3, 0.4) is 0 Å². The molecular weight excluding hydrogens is 456 g/mol. The molecule has 2 aromatic heterocycles. The highest BCUT2D eigenvalue weighted by molar-refractivity contribution is 6.05. The Balaban J connectivity index is 1.62. The third-order valence-corrected chi connectivity index (χ3v) is 5.27. The van der Waals surface area contributed by atoms with Gasteiger partial charge in [0.15, 0.2) is 0 Å². The number of aliphatic hydroxyl groups excluding tert-OH is 1. The number of aromatic nitrogens is 2. The second kappa shape index (κ2) is 9.26. The SMILES string of the molecule is Cc1ncc(-c2cc(C(=O)Nc3ccc(OC(F)(F)F)cc3)cnc2N2CCC(O)C2)cc1F. The van der Waals surface area contributed by atoms with E-state index in [1.54, 1.807) is 0 Å². The van der Waals surface area contributed by atoms with Crippen LogP contribution in [0.2, 0.25) is 0 Å². The number of benzene rings is 1. The summed E-state index contributed by atoms with van der Waals surface area (Å²) in [6, 6.07) is 7.54. The number of nitrogens with one attached hydrogen (secondary N) is 1. The first-order chi connectivity index (χ1) is 16.1. The van der Waals surface area contributed by atoms with Gasteiger partial charge in [-0.1, -0.05) is 0 Å². The molecule has 2 N–H and O–H groups in total. The summed E-state index contributed by atoms with van der Waals surface area (Å²) in [4.78, 5) is 23.1. The van der Waals surface area contributed by atoms with Crippen molar-refractivity contribution < 1.29 is 32.2 Å². The molecule has 34 heavy (non-hydrogen) atoms. The van der Waals surface area contributed by atoms with Crippen molar-refractivity contribution in [1.29, 1.82) is 0 Å². The number of pyridine rings is 2. The van der Waals surface area contributed by atoms with E-state index in [1.165, 1.54) is 43.6 Å². The third-order valence-electron chi connectivity index (χ3n) is 5.27.